The lowest BCUT2D eigenvalue weighted by atomic mass is 9.90. The zero-order valence-corrected chi connectivity index (χ0v) is 12.5. The molecule has 0 bridgehead atoms. The standard InChI is InChI=1S/C14H30N2O2/c1-5-10-15-14(7-3,13(17)18)9-8-12-16(4)11-6-2/h15H,5-12H2,1-4H3,(H,17,18). The first-order chi connectivity index (χ1) is 8.52. The first-order valence-electron chi connectivity index (χ1n) is 7.19. The summed E-state index contributed by atoms with van der Waals surface area (Å²) < 4.78 is 0. The van der Waals surface area contributed by atoms with Gasteiger partial charge in [-0.05, 0) is 58.8 Å². The maximum Gasteiger partial charge on any atom is 0.323 e. The fourth-order valence-corrected chi connectivity index (χ4v) is 2.23. The third-order valence-electron chi connectivity index (χ3n) is 3.48. The summed E-state index contributed by atoms with van der Waals surface area (Å²) in [5.41, 5.74) is -0.733. The molecule has 108 valence electrons. The molecule has 0 aliphatic carbocycles. The van der Waals surface area contributed by atoms with Gasteiger partial charge in [0.05, 0.1) is 0 Å². The van der Waals surface area contributed by atoms with Gasteiger partial charge >= 0.3 is 5.97 Å². The molecule has 0 aliphatic rings. The predicted molar refractivity (Wildman–Crippen MR) is 76.0 cm³/mol. The van der Waals surface area contributed by atoms with Gasteiger partial charge in [-0.25, -0.2) is 0 Å². The van der Waals surface area contributed by atoms with Crippen LogP contribution >= 0.6 is 0 Å². The van der Waals surface area contributed by atoms with E-state index in [-0.39, 0.29) is 0 Å². The molecule has 0 radical (unpaired) electrons. The maximum absolute atomic E-state index is 11.5. The molecule has 0 heterocycles. The van der Waals surface area contributed by atoms with Crippen LogP contribution in [0.3, 0.4) is 0 Å². The van der Waals surface area contributed by atoms with Crippen molar-refractivity contribution >= 4 is 5.97 Å². The van der Waals surface area contributed by atoms with Crippen LogP contribution in [0.1, 0.15) is 52.9 Å². The highest BCUT2D eigenvalue weighted by Crippen LogP contribution is 2.18. The van der Waals surface area contributed by atoms with Gasteiger partial charge in [0.25, 0.3) is 0 Å². The average molecular weight is 258 g/mol. The summed E-state index contributed by atoms with van der Waals surface area (Å²) in [7, 11) is 2.09. The second-order valence-corrected chi connectivity index (χ2v) is 5.07. The van der Waals surface area contributed by atoms with E-state index >= 15 is 0 Å². The Kier molecular flexibility index (Phi) is 9.02. The van der Waals surface area contributed by atoms with E-state index in [0.717, 1.165) is 38.9 Å². The van der Waals surface area contributed by atoms with Gasteiger partial charge in [0.15, 0.2) is 0 Å². The summed E-state index contributed by atoms with van der Waals surface area (Å²) >= 11 is 0. The molecule has 1 unspecified atom stereocenters. The summed E-state index contributed by atoms with van der Waals surface area (Å²) in [4.78, 5) is 13.7. The zero-order valence-electron chi connectivity index (χ0n) is 12.5. The molecule has 2 N–H and O–H groups in total. The Labute approximate surface area is 112 Å². The van der Waals surface area contributed by atoms with Crippen molar-refractivity contribution in [3.63, 3.8) is 0 Å². The van der Waals surface area contributed by atoms with Crippen molar-refractivity contribution in [2.45, 2.75) is 58.4 Å². The highest BCUT2D eigenvalue weighted by Gasteiger charge is 2.35. The number of carbonyl (C=O) groups is 1. The van der Waals surface area contributed by atoms with Crippen molar-refractivity contribution in [1.82, 2.24) is 10.2 Å². The molecule has 0 spiro atoms. The molecule has 0 rings (SSSR count). The second kappa shape index (κ2) is 9.34. The highest BCUT2D eigenvalue weighted by atomic mass is 16.4. The highest BCUT2D eigenvalue weighted by molar-refractivity contribution is 5.78. The van der Waals surface area contributed by atoms with E-state index in [2.05, 4.69) is 31.1 Å². The third kappa shape index (κ3) is 5.83. The van der Waals surface area contributed by atoms with Crippen LogP contribution in [0.25, 0.3) is 0 Å². The maximum atomic E-state index is 11.5. The first-order valence-corrected chi connectivity index (χ1v) is 7.19. The lowest BCUT2D eigenvalue weighted by Gasteiger charge is -2.30. The van der Waals surface area contributed by atoms with Crippen molar-refractivity contribution in [1.29, 1.82) is 0 Å². The summed E-state index contributed by atoms with van der Waals surface area (Å²) in [5.74, 6) is -0.711. The SMILES string of the molecule is CCCNC(CC)(CCCN(C)CCC)C(=O)O. The van der Waals surface area contributed by atoms with E-state index in [9.17, 15) is 9.90 Å². The van der Waals surface area contributed by atoms with Crippen molar-refractivity contribution in [2.75, 3.05) is 26.7 Å². The van der Waals surface area contributed by atoms with Gasteiger partial charge in [-0.15, -0.1) is 0 Å². The van der Waals surface area contributed by atoms with E-state index < -0.39 is 11.5 Å². The van der Waals surface area contributed by atoms with Crippen molar-refractivity contribution in [3.8, 4) is 0 Å². The molecular weight excluding hydrogens is 228 g/mol. The van der Waals surface area contributed by atoms with Crippen LogP contribution in [0.2, 0.25) is 0 Å². The number of hydrogen-bond donors (Lipinski definition) is 2. The van der Waals surface area contributed by atoms with Crippen molar-refractivity contribution in [2.24, 2.45) is 0 Å². The van der Waals surface area contributed by atoms with Crippen LogP contribution in [-0.2, 0) is 4.79 Å². The van der Waals surface area contributed by atoms with Crippen LogP contribution in [0.5, 0.6) is 0 Å². The van der Waals surface area contributed by atoms with Crippen molar-refractivity contribution < 1.29 is 9.90 Å². The smallest absolute Gasteiger partial charge is 0.323 e. The largest absolute Gasteiger partial charge is 0.480 e. The van der Waals surface area contributed by atoms with Gasteiger partial charge in [0.2, 0.25) is 0 Å². The van der Waals surface area contributed by atoms with Gasteiger partial charge in [-0.1, -0.05) is 20.8 Å². The molecule has 0 fully saturated rings. The molecule has 1 atom stereocenters. The minimum absolute atomic E-state index is 0.639. The van der Waals surface area contributed by atoms with Gasteiger partial charge in [-0.3, -0.25) is 4.79 Å². The molecule has 0 saturated carbocycles. The summed E-state index contributed by atoms with van der Waals surface area (Å²) in [6, 6.07) is 0. The number of aliphatic carboxylic acids is 1. The molecule has 4 nitrogen and oxygen atoms in total. The fraction of sp³-hybridized carbons (Fsp3) is 0.929. The molecule has 0 aromatic carbocycles. The van der Waals surface area contributed by atoms with Crippen molar-refractivity contribution in [3.05, 3.63) is 0 Å². The molecule has 0 aliphatic heterocycles. The Morgan fingerprint density at radius 2 is 1.89 bits per heavy atom. The van der Waals surface area contributed by atoms with Crippen LogP contribution in [0.4, 0.5) is 0 Å². The fourth-order valence-electron chi connectivity index (χ4n) is 2.23. The minimum Gasteiger partial charge on any atom is -0.480 e. The molecule has 18 heavy (non-hydrogen) atoms. The number of rotatable bonds is 11. The number of carboxylic acid groups (broad SMARTS) is 1. The Morgan fingerprint density at radius 3 is 2.33 bits per heavy atom. The third-order valence-corrected chi connectivity index (χ3v) is 3.48. The summed E-state index contributed by atoms with van der Waals surface area (Å²) in [5, 5.41) is 12.7. The first kappa shape index (κ1) is 17.4. The van der Waals surface area contributed by atoms with Gasteiger partial charge in [-0.2, -0.15) is 0 Å². The normalized spacial score (nSPS) is 14.7. The van der Waals surface area contributed by atoms with E-state index in [1.807, 2.05) is 6.92 Å². The number of hydrogen-bond acceptors (Lipinski definition) is 3. The molecule has 0 aromatic rings. The van der Waals surface area contributed by atoms with Crippen LogP contribution in [-0.4, -0.2) is 48.2 Å². The van der Waals surface area contributed by atoms with Crippen LogP contribution in [0, 0.1) is 0 Å². The lowest BCUT2D eigenvalue weighted by molar-refractivity contribution is -0.145. The topological polar surface area (TPSA) is 52.6 Å². The zero-order chi connectivity index (χ0) is 14.0. The monoisotopic (exact) mass is 258 g/mol. The molecule has 4 heteroatoms. The van der Waals surface area contributed by atoms with E-state index in [1.54, 1.807) is 0 Å². The summed E-state index contributed by atoms with van der Waals surface area (Å²) in [6.07, 6.45) is 4.37. The predicted octanol–water partition coefficient (Wildman–Crippen LogP) is 2.34. The molecule has 0 saturated heterocycles. The molecule has 0 aromatic heterocycles. The average Bonchev–Trinajstić information content (AvgIpc) is 2.33. The Balaban J connectivity index is 4.27. The Bertz CT molecular complexity index is 234. The molecule has 0 amide bonds. The van der Waals surface area contributed by atoms with Gasteiger partial charge in [0, 0.05) is 0 Å². The van der Waals surface area contributed by atoms with E-state index in [0.29, 0.717) is 12.8 Å². The van der Waals surface area contributed by atoms with E-state index in [1.165, 1.54) is 0 Å². The minimum atomic E-state index is -0.733. The number of nitrogens with zero attached hydrogens (tertiary/aromatic N) is 1. The Morgan fingerprint density at radius 1 is 1.22 bits per heavy atom. The number of carboxylic acids is 1. The van der Waals surface area contributed by atoms with E-state index in [4.69, 9.17) is 0 Å². The lowest BCUT2D eigenvalue weighted by Crippen LogP contribution is -2.52. The number of nitrogens with one attached hydrogen (secondary N) is 1. The molecular formula is C14H30N2O2. The second-order valence-electron chi connectivity index (χ2n) is 5.07. The van der Waals surface area contributed by atoms with Gasteiger partial charge in [0.1, 0.15) is 5.54 Å². The quantitative estimate of drug-likeness (QED) is 0.597. The van der Waals surface area contributed by atoms with Gasteiger partial charge < -0.3 is 15.3 Å². The Hall–Kier alpha value is -0.610. The summed E-state index contributed by atoms with van der Waals surface area (Å²) in [6.45, 7) is 8.99. The van der Waals surface area contributed by atoms with Crippen LogP contribution < -0.4 is 5.32 Å². The van der Waals surface area contributed by atoms with Crippen LogP contribution in [0.15, 0.2) is 0 Å².